The number of amides is 1. The summed E-state index contributed by atoms with van der Waals surface area (Å²) in [4.78, 5) is 16.7. The highest BCUT2D eigenvalue weighted by Crippen LogP contribution is 2.25. The van der Waals surface area contributed by atoms with Gasteiger partial charge in [-0.25, -0.2) is 4.39 Å². The van der Waals surface area contributed by atoms with Crippen molar-refractivity contribution < 1.29 is 13.9 Å². The van der Waals surface area contributed by atoms with E-state index in [1.165, 1.54) is 6.07 Å². The first-order valence-corrected chi connectivity index (χ1v) is 9.68. The Morgan fingerprint density at radius 3 is 2.42 bits per heavy atom. The molecular formula is C20H22FIN2O2. The van der Waals surface area contributed by atoms with Crippen molar-refractivity contribution in [2.45, 2.75) is 18.9 Å². The van der Waals surface area contributed by atoms with Crippen molar-refractivity contribution in [3.8, 4) is 5.75 Å². The molecule has 6 heteroatoms. The summed E-state index contributed by atoms with van der Waals surface area (Å²) in [5, 5.41) is 0. The molecule has 0 atom stereocenters. The number of rotatable bonds is 4. The van der Waals surface area contributed by atoms with Crippen LogP contribution >= 0.6 is 22.6 Å². The second kappa shape index (κ2) is 8.24. The van der Waals surface area contributed by atoms with Crippen molar-refractivity contribution in [3.05, 3.63) is 57.4 Å². The van der Waals surface area contributed by atoms with Crippen molar-refractivity contribution in [2.24, 2.45) is 0 Å². The summed E-state index contributed by atoms with van der Waals surface area (Å²) in [6.07, 6.45) is 1.78. The minimum Gasteiger partial charge on any atom is -0.497 e. The fraction of sp³-hybridized carbons (Fsp3) is 0.350. The highest BCUT2D eigenvalue weighted by atomic mass is 127. The zero-order valence-electron chi connectivity index (χ0n) is 14.9. The summed E-state index contributed by atoms with van der Waals surface area (Å²) in [6, 6.07) is 12.9. The number of benzene rings is 2. The van der Waals surface area contributed by atoms with E-state index >= 15 is 0 Å². The maximum atomic E-state index is 13.7. The first kappa shape index (κ1) is 18.9. The number of anilines is 1. The van der Waals surface area contributed by atoms with Crippen LogP contribution in [0.3, 0.4) is 0 Å². The first-order chi connectivity index (χ1) is 12.5. The van der Waals surface area contributed by atoms with Crippen LogP contribution in [0.25, 0.3) is 0 Å². The molecule has 138 valence electrons. The van der Waals surface area contributed by atoms with E-state index in [1.807, 2.05) is 41.8 Å². The molecule has 0 radical (unpaired) electrons. The maximum Gasteiger partial charge on any atom is 0.253 e. The van der Waals surface area contributed by atoms with Crippen molar-refractivity contribution in [2.75, 3.05) is 32.1 Å². The van der Waals surface area contributed by atoms with Crippen molar-refractivity contribution in [1.82, 2.24) is 4.90 Å². The summed E-state index contributed by atoms with van der Waals surface area (Å²) in [6.45, 7) is 1.77. The van der Waals surface area contributed by atoms with E-state index in [4.69, 9.17) is 4.74 Å². The van der Waals surface area contributed by atoms with Gasteiger partial charge in [-0.1, -0.05) is 0 Å². The van der Waals surface area contributed by atoms with Gasteiger partial charge in [-0.15, -0.1) is 0 Å². The van der Waals surface area contributed by atoms with Crippen LogP contribution in [0.4, 0.5) is 10.1 Å². The SMILES string of the molecule is COc1ccc(N2CCC(N(C)C(=O)c3ccc(I)c(F)c3)CC2)cc1. The Hall–Kier alpha value is -1.83. The van der Waals surface area contributed by atoms with Gasteiger partial charge in [0.1, 0.15) is 11.6 Å². The van der Waals surface area contributed by atoms with Gasteiger partial charge in [0.25, 0.3) is 5.91 Å². The third-order valence-electron chi connectivity index (χ3n) is 4.94. The Labute approximate surface area is 167 Å². The number of nitrogens with zero attached hydrogens (tertiary/aromatic N) is 2. The van der Waals surface area contributed by atoms with Crippen LogP contribution < -0.4 is 9.64 Å². The molecule has 3 rings (SSSR count). The highest BCUT2D eigenvalue weighted by molar-refractivity contribution is 14.1. The lowest BCUT2D eigenvalue weighted by Gasteiger charge is -2.38. The average molecular weight is 468 g/mol. The Morgan fingerprint density at radius 2 is 1.85 bits per heavy atom. The number of carbonyl (C=O) groups excluding carboxylic acids is 1. The number of methoxy groups -OCH3 is 1. The Morgan fingerprint density at radius 1 is 1.19 bits per heavy atom. The largest absolute Gasteiger partial charge is 0.497 e. The topological polar surface area (TPSA) is 32.8 Å². The summed E-state index contributed by atoms with van der Waals surface area (Å²) >= 11 is 1.92. The minimum atomic E-state index is -0.348. The maximum absolute atomic E-state index is 13.7. The highest BCUT2D eigenvalue weighted by Gasteiger charge is 2.26. The lowest BCUT2D eigenvalue weighted by Crippen LogP contribution is -2.45. The lowest BCUT2D eigenvalue weighted by atomic mass is 10.0. The van der Waals surface area contributed by atoms with Gasteiger partial charge in [-0.3, -0.25) is 4.79 Å². The lowest BCUT2D eigenvalue weighted by molar-refractivity contribution is 0.0708. The molecule has 1 amide bonds. The average Bonchev–Trinajstić information content (AvgIpc) is 2.69. The van der Waals surface area contributed by atoms with Crippen LogP contribution in [0.15, 0.2) is 42.5 Å². The van der Waals surface area contributed by atoms with Gasteiger partial charge in [0.05, 0.1) is 7.11 Å². The van der Waals surface area contributed by atoms with Crippen molar-refractivity contribution in [1.29, 1.82) is 0 Å². The van der Waals surface area contributed by atoms with E-state index in [2.05, 4.69) is 17.0 Å². The molecule has 2 aromatic carbocycles. The first-order valence-electron chi connectivity index (χ1n) is 8.61. The molecular weight excluding hydrogens is 446 g/mol. The number of ether oxygens (including phenoxy) is 1. The van der Waals surface area contributed by atoms with Crippen LogP contribution in [0.1, 0.15) is 23.2 Å². The monoisotopic (exact) mass is 468 g/mol. The van der Waals surface area contributed by atoms with Gasteiger partial charge < -0.3 is 14.5 Å². The Bertz CT molecular complexity index is 774. The summed E-state index contributed by atoms with van der Waals surface area (Å²) in [7, 11) is 3.47. The predicted octanol–water partition coefficient (Wildman–Crippen LogP) is 4.18. The van der Waals surface area contributed by atoms with Crippen LogP contribution in [0, 0.1) is 9.39 Å². The Kier molecular flexibility index (Phi) is 6.01. The molecule has 2 aromatic rings. The van der Waals surface area contributed by atoms with Crippen LogP contribution in [0.5, 0.6) is 5.75 Å². The second-order valence-corrected chi connectivity index (χ2v) is 7.62. The fourth-order valence-electron chi connectivity index (χ4n) is 3.30. The van der Waals surface area contributed by atoms with Crippen molar-refractivity contribution in [3.63, 3.8) is 0 Å². The van der Waals surface area contributed by atoms with E-state index in [0.29, 0.717) is 9.13 Å². The third kappa shape index (κ3) is 4.11. The molecule has 0 bridgehead atoms. The normalized spacial score (nSPS) is 15.0. The number of carbonyl (C=O) groups is 1. The summed E-state index contributed by atoms with van der Waals surface area (Å²) in [5.74, 6) is 0.376. The zero-order chi connectivity index (χ0) is 18.7. The van der Waals surface area contributed by atoms with Crippen LogP contribution in [-0.4, -0.2) is 44.1 Å². The molecule has 0 unspecified atom stereocenters. The second-order valence-electron chi connectivity index (χ2n) is 6.46. The van der Waals surface area contributed by atoms with E-state index in [1.54, 1.807) is 24.1 Å². The van der Waals surface area contributed by atoms with Gasteiger partial charge in [-0.05, 0) is 77.9 Å². The molecule has 0 spiro atoms. The number of hydrogen-bond acceptors (Lipinski definition) is 3. The molecule has 1 aliphatic heterocycles. The molecule has 1 fully saturated rings. The Balaban J connectivity index is 1.61. The van der Waals surface area contributed by atoms with Crippen molar-refractivity contribution >= 4 is 34.2 Å². The smallest absolute Gasteiger partial charge is 0.253 e. The number of halogens is 2. The van der Waals surface area contributed by atoms with Crippen LogP contribution in [0.2, 0.25) is 0 Å². The molecule has 1 heterocycles. The molecule has 1 aliphatic rings. The molecule has 1 saturated heterocycles. The standard InChI is InChI=1S/C20H22FIN2O2/c1-23(20(25)14-3-8-19(22)18(21)13-14)15-9-11-24(12-10-15)16-4-6-17(26-2)7-5-16/h3-8,13,15H,9-12H2,1-2H3. The van der Waals surface area contributed by atoms with Gasteiger partial charge in [0, 0.05) is 41.0 Å². The number of hydrogen-bond donors (Lipinski definition) is 0. The quantitative estimate of drug-likeness (QED) is 0.632. The molecule has 0 saturated carbocycles. The molecule has 26 heavy (non-hydrogen) atoms. The molecule has 0 N–H and O–H groups in total. The minimum absolute atomic E-state index is 0.122. The van der Waals surface area contributed by atoms with E-state index < -0.39 is 0 Å². The fourth-order valence-corrected chi connectivity index (χ4v) is 3.64. The zero-order valence-corrected chi connectivity index (χ0v) is 17.1. The van der Waals surface area contributed by atoms with Gasteiger partial charge in [-0.2, -0.15) is 0 Å². The van der Waals surface area contributed by atoms with Gasteiger partial charge in [0.15, 0.2) is 0 Å². The van der Waals surface area contributed by atoms with Gasteiger partial charge >= 0.3 is 0 Å². The molecule has 0 aromatic heterocycles. The van der Waals surface area contributed by atoms with Crippen LogP contribution in [-0.2, 0) is 0 Å². The van der Waals surface area contributed by atoms with E-state index in [9.17, 15) is 9.18 Å². The predicted molar refractivity (Wildman–Crippen MR) is 109 cm³/mol. The van der Waals surface area contributed by atoms with E-state index in [-0.39, 0.29) is 17.8 Å². The van der Waals surface area contributed by atoms with Gasteiger partial charge in [0.2, 0.25) is 0 Å². The summed E-state index contributed by atoms with van der Waals surface area (Å²) in [5.41, 5.74) is 1.57. The third-order valence-corrected chi connectivity index (χ3v) is 5.81. The molecule has 4 nitrogen and oxygen atoms in total. The number of piperidine rings is 1. The summed E-state index contributed by atoms with van der Waals surface area (Å²) < 4.78 is 19.5. The molecule has 0 aliphatic carbocycles. The van der Waals surface area contributed by atoms with E-state index in [0.717, 1.165) is 37.4 Å².